The Bertz CT molecular complexity index is 1790. The Labute approximate surface area is 257 Å². The van der Waals surface area contributed by atoms with Gasteiger partial charge in [-0.25, -0.2) is 9.29 Å². The Morgan fingerprint density at radius 1 is 1.00 bits per heavy atom. The molecular formula is C29H20Cl2FN3O5S2. The minimum atomic E-state index is -0.896. The summed E-state index contributed by atoms with van der Waals surface area (Å²) in [5, 5.41) is 2.64. The number of aromatic nitrogens is 1. The van der Waals surface area contributed by atoms with E-state index in [9.17, 15) is 23.6 Å². The number of ether oxygens (including phenoxy) is 1. The molecule has 4 aromatic rings. The Balaban J connectivity index is 1.42. The normalized spacial score (nSPS) is 19.4. The van der Waals surface area contributed by atoms with Crippen LogP contribution in [0.4, 0.5) is 15.8 Å². The van der Waals surface area contributed by atoms with Crippen molar-refractivity contribution in [3.8, 4) is 5.75 Å². The highest BCUT2D eigenvalue weighted by molar-refractivity contribution is 8.00. The van der Waals surface area contributed by atoms with Gasteiger partial charge in [0.05, 0.1) is 33.8 Å². The number of anilines is 2. The van der Waals surface area contributed by atoms with Crippen LogP contribution in [0, 0.1) is 11.7 Å². The maximum absolute atomic E-state index is 14.0. The largest absolute Gasteiger partial charge is 0.497 e. The SMILES string of the molecule is COc1ccc(N2C(=O)C3Sc4c(sc(=O)n4CC(=O)Nc4ccc(F)cc4)[C@H](c4cccc(Cl)c4Cl)C3C2=O)cc1. The second-order valence-electron chi connectivity index (χ2n) is 9.57. The summed E-state index contributed by atoms with van der Waals surface area (Å²) < 4.78 is 19.8. The van der Waals surface area contributed by atoms with Gasteiger partial charge in [-0.3, -0.25) is 23.7 Å². The van der Waals surface area contributed by atoms with Crippen LogP contribution in [-0.4, -0.2) is 34.6 Å². The van der Waals surface area contributed by atoms with Crippen molar-refractivity contribution in [1.29, 1.82) is 0 Å². The molecule has 3 aromatic carbocycles. The second-order valence-corrected chi connectivity index (χ2v) is 12.5. The monoisotopic (exact) mass is 643 g/mol. The summed E-state index contributed by atoms with van der Waals surface area (Å²) in [7, 11) is 1.52. The maximum atomic E-state index is 14.0. The van der Waals surface area contributed by atoms with E-state index < -0.39 is 45.5 Å². The summed E-state index contributed by atoms with van der Waals surface area (Å²) in [6, 6.07) is 16.8. The van der Waals surface area contributed by atoms with Crippen LogP contribution in [0.15, 0.2) is 76.6 Å². The molecule has 6 rings (SSSR count). The van der Waals surface area contributed by atoms with E-state index in [-0.39, 0.29) is 16.6 Å². The second kappa shape index (κ2) is 11.2. The first-order valence-corrected chi connectivity index (χ1v) is 15.0. The fourth-order valence-corrected chi connectivity index (χ4v) is 8.40. The van der Waals surface area contributed by atoms with E-state index in [1.54, 1.807) is 42.5 Å². The number of benzene rings is 3. The molecule has 2 aliphatic heterocycles. The Kier molecular flexibility index (Phi) is 7.61. The van der Waals surface area contributed by atoms with Crippen LogP contribution in [0.3, 0.4) is 0 Å². The van der Waals surface area contributed by atoms with Crippen molar-refractivity contribution in [3.05, 3.63) is 103 Å². The molecule has 0 bridgehead atoms. The first-order chi connectivity index (χ1) is 20.2. The molecule has 1 aromatic heterocycles. The van der Waals surface area contributed by atoms with Gasteiger partial charge in [-0.1, -0.05) is 58.4 Å². The minimum absolute atomic E-state index is 0.213. The van der Waals surface area contributed by atoms with Gasteiger partial charge in [0, 0.05) is 16.5 Å². The van der Waals surface area contributed by atoms with Crippen molar-refractivity contribution in [2.45, 2.75) is 22.7 Å². The van der Waals surface area contributed by atoms with Gasteiger partial charge in [0.25, 0.3) is 0 Å². The van der Waals surface area contributed by atoms with Crippen molar-refractivity contribution in [2.24, 2.45) is 5.92 Å². The van der Waals surface area contributed by atoms with E-state index in [1.807, 2.05) is 0 Å². The summed E-state index contributed by atoms with van der Waals surface area (Å²) in [4.78, 5) is 55.3. The lowest BCUT2D eigenvalue weighted by Crippen LogP contribution is -2.33. The lowest BCUT2D eigenvalue weighted by Gasteiger charge is -2.31. The quantitative estimate of drug-likeness (QED) is 0.267. The average Bonchev–Trinajstić information content (AvgIpc) is 3.42. The van der Waals surface area contributed by atoms with Gasteiger partial charge in [0.15, 0.2) is 0 Å². The summed E-state index contributed by atoms with van der Waals surface area (Å²) in [5.41, 5.74) is 1.25. The number of thiazole rings is 1. The molecule has 1 N–H and O–H groups in total. The molecule has 8 nitrogen and oxygen atoms in total. The molecule has 2 aliphatic rings. The molecule has 2 unspecified atom stereocenters. The number of imide groups is 1. The molecular weight excluding hydrogens is 624 g/mol. The molecule has 0 spiro atoms. The number of methoxy groups -OCH3 is 1. The number of hydrogen-bond acceptors (Lipinski definition) is 7. The van der Waals surface area contributed by atoms with Crippen molar-refractivity contribution in [3.63, 3.8) is 0 Å². The van der Waals surface area contributed by atoms with Gasteiger partial charge in [-0.05, 0) is 60.2 Å². The molecule has 3 heterocycles. The number of fused-ring (bicyclic) bond motifs is 2. The first-order valence-electron chi connectivity index (χ1n) is 12.6. The lowest BCUT2D eigenvalue weighted by atomic mass is 9.83. The number of amides is 3. The number of nitrogens with zero attached hydrogens (tertiary/aromatic N) is 2. The van der Waals surface area contributed by atoms with E-state index in [0.29, 0.717) is 32.6 Å². The molecule has 13 heteroatoms. The molecule has 0 aliphatic carbocycles. The van der Waals surface area contributed by atoms with Crippen LogP contribution in [0.5, 0.6) is 5.75 Å². The predicted molar refractivity (Wildman–Crippen MR) is 161 cm³/mol. The van der Waals surface area contributed by atoms with Gasteiger partial charge in [0.2, 0.25) is 17.7 Å². The molecule has 3 amide bonds. The number of rotatable bonds is 6. The van der Waals surface area contributed by atoms with Gasteiger partial charge in [0.1, 0.15) is 23.4 Å². The Hall–Kier alpha value is -3.64. The van der Waals surface area contributed by atoms with E-state index in [1.165, 1.54) is 35.9 Å². The number of thioether (sulfide) groups is 1. The van der Waals surface area contributed by atoms with Gasteiger partial charge in [-0.2, -0.15) is 0 Å². The lowest BCUT2D eigenvalue weighted by molar-refractivity contribution is -0.122. The summed E-state index contributed by atoms with van der Waals surface area (Å²) in [6.07, 6.45) is 0. The van der Waals surface area contributed by atoms with Gasteiger partial charge >= 0.3 is 4.87 Å². The highest BCUT2D eigenvalue weighted by Gasteiger charge is 2.57. The third kappa shape index (κ3) is 4.90. The zero-order valence-corrected chi connectivity index (χ0v) is 24.8. The van der Waals surface area contributed by atoms with Crippen LogP contribution in [0.1, 0.15) is 16.4 Å². The zero-order valence-electron chi connectivity index (χ0n) is 21.7. The zero-order chi connectivity index (χ0) is 29.7. The average molecular weight is 645 g/mol. The fourth-order valence-electron chi connectivity index (χ4n) is 5.21. The third-order valence-electron chi connectivity index (χ3n) is 7.13. The van der Waals surface area contributed by atoms with Crippen LogP contribution in [-0.2, 0) is 20.9 Å². The summed E-state index contributed by atoms with van der Waals surface area (Å²) >= 11 is 15.0. The van der Waals surface area contributed by atoms with E-state index in [0.717, 1.165) is 28.0 Å². The maximum Gasteiger partial charge on any atom is 0.308 e. The fraction of sp³-hybridized carbons (Fsp3) is 0.172. The molecule has 1 saturated heterocycles. The molecule has 42 heavy (non-hydrogen) atoms. The number of carbonyl (C=O) groups excluding carboxylic acids is 3. The van der Waals surface area contributed by atoms with Crippen LogP contribution >= 0.6 is 46.3 Å². The highest BCUT2D eigenvalue weighted by Crippen LogP contribution is 2.55. The van der Waals surface area contributed by atoms with E-state index in [2.05, 4.69) is 5.32 Å². The van der Waals surface area contributed by atoms with Gasteiger partial charge < -0.3 is 10.1 Å². The Morgan fingerprint density at radius 3 is 2.40 bits per heavy atom. The molecule has 3 atom stereocenters. The summed E-state index contributed by atoms with van der Waals surface area (Å²) in [5.74, 6) is -2.93. The first kappa shape index (κ1) is 28.5. The number of carbonyl (C=O) groups is 3. The molecule has 214 valence electrons. The highest BCUT2D eigenvalue weighted by atomic mass is 35.5. The molecule has 0 saturated carbocycles. The standard InChI is InChI=1S/C29H20Cl2FN3O5S2/c1-40-17-11-9-16(10-12-17)35-26(37)22-21(18-3-2-4-19(30)23(18)31)25-28(41-24(22)27(35)38)34(29(39)42-25)13-20(36)33-15-7-5-14(32)6-8-15/h2-12,21-22,24H,13H2,1H3,(H,33,36)/t21-,22?,24?/m1/s1. The number of halogens is 3. The third-order valence-corrected chi connectivity index (χ3v) is 10.6. The van der Waals surface area contributed by atoms with E-state index >= 15 is 0 Å². The topological polar surface area (TPSA) is 97.7 Å². The van der Waals surface area contributed by atoms with Crippen LogP contribution in [0.2, 0.25) is 10.0 Å². The number of hydrogen-bond donors (Lipinski definition) is 1. The van der Waals surface area contributed by atoms with Crippen molar-refractivity contribution >= 4 is 75.4 Å². The van der Waals surface area contributed by atoms with Crippen molar-refractivity contribution in [2.75, 3.05) is 17.3 Å². The molecule has 1 fully saturated rings. The smallest absolute Gasteiger partial charge is 0.308 e. The minimum Gasteiger partial charge on any atom is -0.497 e. The number of nitrogens with one attached hydrogen (secondary N) is 1. The molecule has 0 radical (unpaired) electrons. The summed E-state index contributed by atoms with van der Waals surface area (Å²) in [6.45, 7) is -0.354. The Morgan fingerprint density at radius 2 is 1.71 bits per heavy atom. The van der Waals surface area contributed by atoms with Crippen LogP contribution < -0.4 is 19.8 Å². The van der Waals surface area contributed by atoms with E-state index in [4.69, 9.17) is 27.9 Å². The van der Waals surface area contributed by atoms with Crippen LogP contribution in [0.25, 0.3) is 0 Å². The van der Waals surface area contributed by atoms with Gasteiger partial charge in [-0.15, -0.1) is 0 Å². The predicted octanol–water partition coefficient (Wildman–Crippen LogP) is 5.80. The van der Waals surface area contributed by atoms with Crippen molar-refractivity contribution < 1.29 is 23.5 Å². The van der Waals surface area contributed by atoms with Crippen molar-refractivity contribution in [1.82, 2.24) is 4.57 Å².